The van der Waals surface area contributed by atoms with Crippen LogP contribution < -0.4 is 0 Å². The van der Waals surface area contributed by atoms with E-state index in [0.29, 0.717) is 26.1 Å². The maximum atomic E-state index is 13.1. The van der Waals surface area contributed by atoms with Crippen molar-refractivity contribution in [1.29, 1.82) is 0 Å². The molecule has 144 valence electrons. The molecule has 2 aliphatic rings. The summed E-state index contributed by atoms with van der Waals surface area (Å²) in [5, 5.41) is 1.22. The molecule has 0 spiro atoms. The normalized spacial score (nSPS) is 20.0. The maximum absolute atomic E-state index is 13.1. The molecular weight excluding hydrogens is 340 g/mol. The van der Waals surface area contributed by atoms with E-state index in [4.69, 9.17) is 0 Å². The molecule has 1 fully saturated rings. The maximum Gasteiger partial charge on any atom is 0.228 e. The van der Waals surface area contributed by atoms with Gasteiger partial charge in [-0.3, -0.25) is 9.59 Å². The SMILES string of the molecule is Cc1ccc2[nH]c3c(c2c1)CN(C(=O)[C@H]1CC(=O)N(CCN(C)C)C1)CC3. The fraction of sp³-hybridized carbons (Fsp3) is 0.524. The van der Waals surface area contributed by atoms with Gasteiger partial charge in [0.1, 0.15) is 0 Å². The summed E-state index contributed by atoms with van der Waals surface area (Å²) in [5.74, 6) is 0.0344. The zero-order chi connectivity index (χ0) is 19.1. The third-order valence-electron chi connectivity index (χ3n) is 5.82. The number of likely N-dealkylation sites (tertiary alicyclic amines) is 1. The second kappa shape index (κ2) is 7.00. The monoisotopic (exact) mass is 368 g/mol. The molecule has 1 N–H and O–H groups in total. The third kappa shape index (κ3) is 3.46. The fourth-order valence-electron chi connectivity index (χ4n) is 4.25. The van der Waals surface area contributed by atoms with Crippen LogP contribution in [0.1, 0.15) is 23.2 Å². The van der Waals surface area contributed by atoms with E-state index in [1.165, 1.54) is 22.2 Å². The molecule has 6 heteroatoms. The number of hydrogen-bond donors (Lipinski definition) is 1. The number of aromatic amines is 1. The van der Waals surface area contributed by atoms with Gasteiger partial charge < -0.3 is 19.7 Å². The zero-order valence-corrected chi connectivity index (χ0v) is 16.4. The van der Waals surface area contributed by atoms with Gasteiger partial charge in [-0.25, -0.2) is 0 Å². The van der Waals surface area contributed by atoms with E-state index in [-0.39, 0.29) is 17.7 Å². The van der Waals surface area contributed by atoms with E-state index in [9.17, 15) is 9.59 Å². The van der Waals surface area contributed by atoms with Crippen LogP contribution in [-0.2, 0) is 22.6 Å². The van der Waals surface area contributed by atoms with Gasteiger partial charge in [0.15, 0.2) is 0 Å². The lowest BCUT2D eigenvalue weighted by atomic mass is 10.0. The highest BCUT2D eigenvalue weighted by atomic mass is 16.2. The standard InChI is InChI=1S/C21H28N4O2/c1-14-4-5-18-16(10-14)17-13-25(7-6-19(17)22-18)21(27)15-11-20(26)24(12-15)9-8-23(2)3/h4-5,10,15,22H,6-9,11-13H2,1-3H3/t15-/m0/s1. The summed E-state index contributed by atoms with van der Waals surface area (Å²) >= 11 is 0. The first kappa shape index (κ1) is 18.0. The van der Waals surface area contributed by atoms with Gasteiger partial charge in [0, 0.05) is 67.7 Å². The Bertz CT molecular complexity index is 886. The van der Waals surface area contributed by atoms with E-state index in [0.717, 1.165) is 25.0 Å². The van der Waals surface area contributed by atoms with Crippen LogP contribution in [0.15, 0.2) is 18.2 Å². The number of likely N-dealkylation sites (N-methyl/N-ethyl adjacent to an activating group) is 1. The van der Waals surface area contributed by atoms with Gasteiger partial charge in [-0.15, -0.1) is 0 Å². The second-order valence-electron chi connectivity index (χ2n) is 8.19. The molecule has 1 aromatic heterocycles. The van der Waals surface area contributed by atoms with Gasteiger partial charge in [0.2, 0.25) is 11.8 Å². The molecule has 0 saturated carbocycles. The quantitative estimate of drug-likeness (QED) is 0.895. The number of carbonyl (C=O) groups excluding carboxylic acids is 2. The van der Waals surface area contributed by atoms with Crippen LogP contribution in [0.5, 0.6) is 0 Å². The molecule has 2 aliphatic heterocycles. The number of rotatable bonds is 4. The summed E-state index contributed by atoms with van der Waals surface area (Å²) in [4.78, 5) is 34.7. The molecule has 2 amide bonds. The molecular formula is C21H28N4O2. The molecule has 27 heavy (non-hydrogen) atoms. The minimum absolute atomic E-state index is 0.107. The number of benzene rings is 1. The summed E-state index contributed by atoms with van der Waals surface area (Å²) in [6.07, 6.45) is 1.20. The molecule has 3 heterocycles. The molecule has 0 radical (unpaired) electrons. The van der Waals surface area contributed by atoms with Crippen molar-refractivity contribution in [3.63, 3.8) is 0 Å². The summed E-state index contributed by atoms with van der Waals surface area (Å²) < 4.78 is 0. The van der Waals surface area contributed by atoms with Crippen molar-refractivity contribution in [2.45, 2.75) is 26.3 Å². The first-order valence-corrected chi connectivity index (χ1v) is 9.73. The number of aromatic nitrogens is 1. The van der Waals surface area contributed by atoms with Crippen molar-refractivity contribution in [3.8, 4) is 0 Å². The Balaban J connectivity index is 1.47. The van der Waals surface area contributed by atoms with Gasteiger partial charge in [-0.05, 0) is 33.2 Å². The number of carbonyl (C=O) groups is 2. The predicted molar refractivity (Wildman–Crippen MR) is 105 cm³/mol. The molecule has 6 nitrogen and oxygen atoms in total. The highest BCUT2D eigenvalue weighted by molar-refractivity contribution is 5.90. The summed E-state index contributed by atoms with van der Waals surface area (Å²) in [6, 6.07) is 6.42. The molecule has 2 aromatic rings. The van der Waals surface area contributed by atoms with E-state index in [1.54, 1.807) is 0 Å². The number of aryl methyl sites for hydroxylation is 1. The second-order valence-corrected chi connectivity index (χ2v) is 8.19. The Morgan fingerprint density at radius 3 is 2.93 bits per heavy atom. The van der Waals surface area contributed by atoms with E-state index >= 15 is 0 Å². The van der Waals surface area contributed by atoms with Crippen molar-refractivity contribution in [1.82, 2.24) is 19.7 Å². The van der Waals surface area contributed by atoms with Crippen molar-refractivity contribution < 1.29 is 9.59 Å². The molecule has 1 atom stereocenters. The molecule has 0 bridgehead atoms. The van der Waals surface area contributed by atoms with Crippen LogP contribution in [0.25, 0.3) is 10.9 Å². The van der Waals surface area contributed by atoms with Crippen LogP contribution in [-0.4, -0.2) is 71.8 Å². The average Bonchev–Trinajstić information content (AvgIpc) is 3.19. The van der Waals surface area contributed by atoms with Gasteiger partial charge in [-0.2, -0.15) is 0 Å². The third-order valence-corrected chi connectivity index (χ3v) is 5.82. The largest absolute Gasteiger partial charge is 0.358 e. The Kier molecular flexibility index (Phi) is 4.68. The first-order chi connectivity index (χ1) is 12.9. The van der Waals surface area contributed by atoms with Gasteiger partial charge in [0.25, 0.3) is 0 Å². The minimum atomic E-state index is -0.201. The number of hydrogen-bond acceptors (Lipinski definition) is 3. The Morgan fingerprint density at radius 1 is 1.33 bits per heavy atom. The number of nitrogens with zero attached hydrogens (tertiary/aromatic N) is 3. The number of H-pyrrole nitrogens is 1. The summed E-state index contributed by atoms with van der Waals surface area (Å²) in [7, 11) is 3.99. The zero-order valence-electron chi connectivity index (χ0n) is 16.4. The number of nitrogens with one attached hydrogen (secondary N) is 1. The smallest absolute Gasteiger partial charge is 0.228 e. The van der Waals surface area contributed by atoms with Gasteiger partial charge in [0.05, 0.1) is 5.92 Å². The van der Waals surface area contributed by atoms with Crippen LogP contribution in [0, 0.1) is 12.8 Å². The minimum Gasteiger partial charge on any atom is -0.358 e. The average molecular weight is 368 g/mol. The van der Waals surface area contributed by atoms with Crippen molar-refractivity contribution >= 4 is 22.7 Å². The Hall–Kier alpha value is -2.34. The highest BCUT2D eigenvalue weighted by Crippen LogP contribution is 2.30. The Morgan fingerprint density at radius 2 is 2.15 bits per heavy atom. The van der Waals surface area contributed by atoms with Crippen molar-refractivity contribution in [3.05, 3.63) is 35.0 Å². The topological polar surface area (TPSA) is 59.7 Å². The first-order valence-electron chi connectivity index (χ1n) is 9.73. The predicted octanol–water partition coefficient (Wildman–Crippen LogP) is 1.77. The van der Waals surface area contributed by atoms with Crippen molar-refractivity contribution in [2.24, 2.45) is 5.92 Å². The fourth-order valence-corrected chi connectivity index (χ4v) is 4.25. The van der Waals surface area contributed by atoms with Crippen LogP contribution in [0.2, 0.25) is 0 Å². The number of fused-ring (bicyclic) bond motifs is 3. The van der Waals surface area contributed by atoms with Crippen LogP contribution in [0.3, 0.4) is 0 Å². The van der Waals surface area contributed by atoms with E-state index in [1.807, 2.05) is 23.9 Å². The molecule has 4 rings (SSSR count). The lowest BCUT2D eigenvalue weighted by Gasteiger charge is -2.29. The van der Waals surface area contributed by atoms with Crippen LogP contribution >= 0.6 is 0 Å². The Labute approximate surface area is 160 Å². The van der Waals surface area contributed by atoms with Crippen LogP contribution in [0.4, 0.5) is 0 Å². The lowest BCUT2D eigenvalue weighted by Crippen LogP contribution is -2.41. The molecule has 0 aliphatic carbocycles. The van der Waals surface area contributed by atoms with Crippen molar-refractivity contribution in [2.75, 3.05) is 40.3 Å². The summed E-state index contributed by atoms with van der Waals surface area (Å²) in [6.45, 7) is 5.54. The highest BCUT2D eigenvalue weighted by Gasteiger charge is 2.37. The molecule has 0 unspecified atom stereocenters. The lowest BCUT2D eigenvalue weighted by molar-refractivity contribution is -0.136. The van der Waals surface area contributed by atoms with Gasteiger partial charge >= 0.3 is 0 Å². The molecule has 1 saturated heterocycles. The van der Waals surface area contributed by atoms with E-state index < -0.39 is 0 Å². The van der Waals surface area contributed by atoms with Gasteiger partial charge in [-0.1, -0.05) is 11.6 Å². The number of amides is 2. The van der Waals surface area contributed by atoms with E-state index in [2.05, 4.69) is 35.0 Å². The summed E-state index contributed by atoms with van der Waals surface area (Å²) in [5.41, 5.74) is 4.85. The molecule has 1 aromatic carbocycles.